The van der Waals surface area contributed by atoms with E-state index in [-0.39, 0.29) is 11.8 Å². The van der Waals surface area contributed by atoms with Gasteiger partial charge in [-0.05, 0) is 31.9 Å². The molecule has 0 aliphatic rings. The molecule has 1 aromatic heterocycles. The van der Waals surface area contributed by atoms with Crippen LogP contribution in [0.1, 0.15) is 33.3 Å². The van der Waals surface area contributed by atoms with Crippen LogP contribution in [0.25, 0.3) is 0 Å². The zero-order chi connectivity index (χ0) is 17.8. The molecule has 1 N–H and O–H groups in total. The van der Waals surface area contributed by atoms with E-state index in [2.05, 4.69) is 16.4 Å². The third-order valence-corrected chi connectivity index (χ3v) is 4.55. The van der Waals surface area contributed by atoms with Gasteiger partial charge in [0, 0.05) is 6.20 Å². The SMILES string of the molecule is CC(C)[C@@](C)(C#N)NC(=O)[C@H](C)Sc1ccc(C(F)(F)F)cn1. The van der Waals surface area contributed by atoms with E-state index in [1.807, 2.05) is 13.8 Å². The maximum absolute atomic E-state index is 12.5. The van der Waals surface area contributed by atoms with Crippen molar-refractivity contribution in [1.82, 2.24) is 10.3 Å². The van der Waals surface area contributed by atoms with E-state index in [1.165, 1.54) is 6.07 Å². The Hall–Kier alpha value is -1.75. The monoisotopic (exact) mass is 345 g/mol. The number of halogens is 3. The van der Waals surface area contributed by atoms with Crippen molar-refractivity contribution in [3.63, 3.8) is 0 Å². The Labute approximate surface area is 137 Å². The lowest BCUT2D eigenvalue weighted by atomic mass is 9.90. The summed E-state index contributed by atoms with van der Waals surface area (Å²) >= 11 is 1.03. The minimum absolute atomic E-state index is 0.0853. The van der Waals surface area contributed by atoms with Gasteiger partial charge in [0.25, 0.3) is 0 Å². The summed E-state index contributed by atoms with van der Waals surface area (Å²) in [5.41, 5.74) is -1.84. The minimum atomic E-state index is -4.44. The summed E-state index contributed by atoms with van der Waals surface area (Å²) in [6, 6.07) is 4.22. The molecule has 1 amide bonds. The van der Waals surface area contributed by atoms with Gasteiger partial charge >= 0.3 is 6.18 Å². The number of amides is 1. The molecule has 2 atom stereocenters. The Bertz CT molecular complexity index is 595. The molecule has 0 fully saturated rings. The summed E-state index contributed by atoms with van der Waals surface area (Å²) in [6.45, 7) is 6.87. The van der Waals surface area contributed by atoms with Crippen molar-refractivity contribution in [2.75, 3.05) is 0 Å². The van der Waals surface area contributed by atoms with Crippen molar-refractivity contribution in [3.8, 4) is 6.07 Å². The molecule has 0 aliphatic heterocycles. The number of nitriles is 1. The standard InChI is InChI=1S/C15H18F3N3OS/c1-9(2)14(4,8-19)21-13(22)10(3)23-12-6-5-11(7-20-12)15(16,17)18/h5-7,9-10H,1-4H3,(H,21,22)/t10-,14+/m0/s1. The second-order valence-corrected chi connectivity index (χ2v) is 6.96. The predicted octanol–water partition coefficient (Wildman–Crippen LogP) is 3.64. The lowest BCUT2D eigenvalue weighted by Gasteiger charge is -2.28. The zero-order valence-corrected chi connectivity index (χ0v) is 14.0. The van der Waals surface area contributed by atoms with E-state index in [0.717, 1.165) is 24.0 Å². The van der Waals surface area contributed by atoms with Crippen LogP contribution in [0.15, 0.2) is 23.4 Å². The topological polar surface area (TPSA) is 65.8 Å². The summed E-state index contributed by atoms with van der Waals surface area (Å²) in [6.07, 6.45) is -3.70. The maximum atomic E-state index is 12.5. The molecule has 126 valence electrons. The van der Waals surface area contributed by atoms with Crippen LogP contribution in [-0.4, -0.2) is 21.7 Å². The second kappa shape index (κ2) is 7.21. The van der Waals surface area contributed by atoms with Crippen molar-refractivity contribution in [2.45, 2.75) is 49.7 Å². The molecule has 0 saturated carbocycles. The number of nitrogens with zero attached hydrogens (tertiary/aromatic N) is 2. The molecule has 0 radical (unpaired) electrons. The average molecular weight is 345 g/mol. The Kier molecular flexibility index (Phi) is 6.05. The average Bonchev–Trinajstić information content (AvgIpc) is 2.46. The first-order valence-corrected chi connectivity index (χ1v) is 7.80. The molecule has 0 spiro atoms. The van der Waals surface area contributed by atoms with Crippen LogP contribution in [0.2, 0.25) is 0 Å². The molecule has 1 aromatic rings. The number of pyridine rings is 1. The number of hydrogen-bond donors (Lipinski definition) is 1. The second-order valence-electron chi connectivity index (χ2n) is 5.60. The van der Waals surface area contributed by atoms with Gasteiger partial charge in [-0.15, -0.1) is 0 Å². The fourth-order valence-corrected chi connectivity index (χ4v) is 2.30. The predicted molar refractivity (Wildman–Crippen MR) is 81.6 cm³/mol. The van der Waals surface area contributed by atoms with Crippen molar-refractivity contribution >= 4 is 17.7 Å². The molecule has 4 nitrogen and oxygen atoms in total. The smallest absolute Gasteiger partial charge is 0.337 e. The highest BCUT2D eigenvalue weighted by Gasteiger charge is 2.32. The quantitative estimate of drug-likeness (QED) is 0.828. The fourth-order valence-electron chi connectivity index (χ4n) is 1.51. The zero-order valence-electron chi connectivity index (χ0n) is 13.2. The van der Waals surface area contributed by atoms with Crippen molar-refractivity contribution in [3.05, 3.63) is 23.9 Å². The van der Waals surface area contributed by atoms with E-state index in [9.17, 15) is 23.2 Å². The van der Waals surface area contributed by atoms with Crippen LogP contribution in [0, 0.1) is 17.2 Å². The van der Waals surface area contributed by atoms with Crippen LogP contribution in [0.3, 0.4) is 0 Å². The maximum Gasteiger partial charge on any atom is 0.417 e. The van der Waals surface area contributed by atoms with Gasteiger partial charge in [-0.2, -0.15) is 18.4 Å². The number of rotatable bonds is 5. The van der Waals surface area contributed by atoms with Gasteiger partial charge in [0.15, 0.2) is 0 Å². The molecule has 23 heavy (non-hydrogen) atoms. The first-order chi connectivity index (χ1) is 10.5. The van der Waals surface area contributed by atoms with Gasteiger partial charge < -0.3 is 5.32 Å². The minimum Gasteiger partial charge on any atom is -0.337 e. The first-order valence-electron chi connectivity index (χ1n) is 6.93. The molecule has 0 aliphatic carbocycles. The normalized spacial score (nSPS) is 15.6. The molecule has 1 rings (SSSR count). The van der Waals surface area contributed by atoms with Gasteiger partial charge in [-0.3, -0.25) is 4.79 Å². The number of carbonyl (C=O) groups excluding carboxylic acids is 1. The molecule has 0 unspecified atom stereocenters. The van der Waals surface area contributed by atoms with Crippen molar-refractivity contribution in [2.24, 2.45) is 5.92 Å². The van der Waals surface area contributed by atoms with Gasteiger partial charge in [0.05, 0.1) is 21.9 Å². The van der Waals surface area contributed by atoms with Gasteiger partial charge in [-0.1, -0.05) is 25.6 Å². The molecule has 8 heteroatoms. The van der Waals surface area contributed by atoms with Gasteiger partial charge in [-0.25, -0.2) is 4.98 Å². The number of nitrogens with one attached hydrogen (secondary N) is 1. The summed E-state index contributed by atoms with van der Waals surface area (Å²) in [5, 5.41) is 11.6. The summed E-state index contributed by atoms with van der Waals surface area (Å²) in [4.78, 5) is 15.9. The van der Waals surface area contributed by atoms with E-state index < -0.39 is 22.5 Å². The highest BCUT2D eigenvalue weighted by Crippen LogP contribution is 2.30. The summed E-state index contributed by atoms with van der Waals surface area (Å²) in [5.74, 6) is -0.452. The third kappa shape index (κ3) is 5.13. The number of alkyl halides is 3. The van der Waals surface area contributed by atoms with E-state index in [4.69, 9.17) is 0 Å². The highest BCUT2D eigenvalue weighted by molar-refractivity contribution is 8.00. The summed E-state index contributed by atoms with van der Waals surface area (Å²) in [7, 11) is 0. The molecular weight excluding hydrogens is 327 g/mol. The van der Waals surface area contributed by atoms with Crippen LogP contribution in [-0.2, 0) is 11.0 Å². The number of hydrogen-bond acceptors (Lipinski definition) is 4. The molecule has 1 heterocycles. The Morgan fingerprint density at radius 2 is 1.96 bits per heavy atom. The molecular formula is C15H18F3N3OS. The van der Waals surface area contributed by atoms with Crippen LogP contribution >= 0.6 is 11.8 Å². The van der Waals surface area contributed by atoms with Gasteiger partial charge in [0.2, 0.25) is 5.91 Å². The van der Waals surface area contributed by atoms with Gasteiger partial charge in [0.1, 0.15) is 5.54 Å². The third-order valence-electron chi connectivity index (χ3n) is 3.50. The summed E-state index contributed by atoms with van der Waals surface area (Å²) < 4.78 is 37.4. The highest BCUT2D eigenvalue weighted by atomic mass is 32.2. The largest absolute Gasteiger partial charge is 0.417 e. The van der Waals surface area contributed by atoms with E-state index in [1.54, 1.807) is 13.8 Å². The Morgan fingerprint density at radius 3 is 2.35 bits per heavy atom. The van der Waals surface area contributed by atoms with Crippen LogP contribution < -0.4 is 5.32 Å². The van der Waals surface area contributed by atoms with Crippen LogP contribution in [0.4, 0.5) is 13.2 Å². The number of thioether (sulfide) groups is 1. The Balaban J connectivity index is 2.74. The lowest BCUT2D eigenvalue weighted by Crippen LogP contribution is -2.51. The fraction of sp³-hybridized carbons (Fsp3) is 0.533. The van der Waals surface area contributed by atoms with Crippen molar-refractivity contribution in [1.29, 1.82) is 5.26 Å². The van der Waals surface area contributed by atoms with E-state index >= 15 is 0 Å². The molecule has 0 bridgehead atoms. The number of carbonyl (C=O) groups is 1. The first kappa shape index (κ1) is 19.3. The molecule has 0 aromatic carbocycles. The van der Waals surface area contributed by atoms with Crippen LogP contribution in [0.5, 0.6) is 0 Å². The Morgan fingerprint density at radius 1 is 1.35 bits per heavy atom. The van der Waals surface area contributed by atoms with E-state index in [0.29, 0.717) is 5.03 Å². The molecule has 0 saturated heterocycles. The van der Waals surface area contributed by atoms with Crippen molar-refractivity contribution < 1.29 is 18.0 Å². The lowest BCUT2D eigenvalue weighted by molar-refractivity contribution is -0.137. The number of aromatic nitrogens is 1.